The van der Waals surface area contributed by atoms with Crippen molar-refractivity contribution in [2.45, 2.75) is 19.8 Å². The lowest BCUT2D eigenvalue weighted by Gasteiger charge is -2.13. The van der Waals surface area contributed by atoms with Crippen molar-refractivity contribution in [3.8, 4) is 0 Å². The fraction of sp³-hybridized carbons (Fsp3) is 0.571. The van der Waals surface area contributed by atoms with Crippen molar-refractivity contribution >= 4 is 47.3 Å². The zero-order valence-electron chi connectivity index (χ0n) is 14.2. The van der Waals surface area contributed by atoms with Gasteiger partial charge in [-0.15, -0.1) is 5.06 Å². The second kappa shape index (κ2) is 11.1. The van der Waals surface area contributed by atoms with E-state index in [-0.39, 0.29) is 31.0 Å². The van der Waals surface area contributed by atoms with Crippen LogP contribution >= 0.6 is 11.8 Å². The minimum Gasteiger partial charge on any atom is -0.346 e. The summed E-state index contributed by atoms with van der Waals surface area (Å²) in [5, 5.41) is 7.19. The molecule has 0 radical (unpaired) electrons. The molecule has 1 saturated heterocycles. The predicted molar refractivity (Wildman–Crippen MR) is 89.2 cm³/mol. The Labute approximate surface area is 153 Å². The van der Waals surface area contributed by atoms with Crippen molar-refractivity contribution in [2.75, 3.05) is 31.1 Å². The molecule has 0 aliphatic carbocycles. The summed E-state index contributed by atoms with van der Waals surface area (Å²) in [6, 6.07) is 0. The molecule has 144 valence electrons. The van der Waals surface area contributed by atoms with Gasteiger partial charge in [-0.25, -0.2) is 4.79 Å². The molecule has 5 amide bonds. The number of rotatable bonds is 10. The van der Waals surface area contributed by atoms with E-state index < -0.39 is 42.7 Å². The van der Waals surface area contributed by atoms with E-state index in [1.807, 2.05) is 6.92 Å². The van der Waals surface area contributed by atoms with E-state index in [1.165, 1.54) is 11.8 Å². The van der Waals surface area contributed by atoms with Crippen molar-refractivity contribution in [1.29, 1.82) is 0 Å². The maximum absolute atomic E-state index is 11.5. The molecule has 0 atom stereocenters. The lowest BCUT2D eigenvalue weighted by atomic mass is 10.4. The standard InChI is InChI=1S/C14H20N4O7S/c1-2-26-8-11(21)16-6-9(19)15-5-10(20)17-7-14(24)25-18-12(22)3-4-13(18)23/h2-8H2,1H3,(H,15,19)(H,16,21)(H,17,20). The number of hydrogen-bond donors (Lipinski definition) is 3. The Kier molecular flexibility index (Phi) is 9.12. The van der Waals surface area contributed by atoms with Crippen LogP contribution in [0.1, 0.15) is 19.8 Å². The van der Waals surface area contributed by atoms with Crippen LogP contribution in [-0.2, 0) is 33.6 Å². The summed E-state index contributed by atoms with van der Waals surface area (Å²) in [5.41, 5.74) is 0. The van der Waals surface area contributed by atoms with E-state index in [2.05, 4.69) is 20.8 Å². The Morgan fingerprint density at radius 1 is 0.923 bits per heavy atom. The van der Waals surface area contributed by atoms with Gasteiger partial charge in [-0.3, -0.25) is 24.0 Å². The van der Waals surface area contributed by atoms with E-state index in [1.54, 1.807) is 0 Å². The molecule has 1 aliphatic rings. The first-order valence-corrected chi connectivity index (χ1v) is 8.93. The summed E-state index contributed by atoms with van der Waals surface area (Å²) >= 11 is 1.41. The van der Waals surface area contributed by atoms with Gasteiger partial charge >= 0.3 is 5.97 Å². The second-order valence-electron chi connectivity index (χ2n) is 5.01. The molecule has 0 saturated carbocycles. The molecule has 26 heavy (non-hydrogen) atoms. The zero-order chi connectivity index (χ0) is 19.5. The van der Waals surface area contributed by atoms with Gasteiger partial charge in [-0.2, -0.15) is 11.8 Å². The van der Waals surface area contributed by atoms with Gasteiger partial charge in [0.1, 0.15) is 6.54 Å². The van der Waals surface area contributed by atoms with Crippen molar-refractivity contribution in [2.24, 2.45) is 0 Å². The first-order chi connectivity index (χ1) is 12.3. The molecular formula is C14H20N4O7S. The Bertz CT molecular complexity index is 580. The van der Waals surface area contributed by atoms with Crippen LogP contribution in [0, 0.1) is 0 Å². The van der Waals surface area contributed by atoms with Crippen molar-refractivity contribution in [3.63, 3.8) is 0 Å². The number of thioether (sulfide) groups is 1. The number of hydroxylamine groups is 2. The fourth-order valence-corrected chi connectivity index (χ4v) is 2.18. The van der Waals surface area contributed by atoms with Crippen LogP contribution < -0.4 is 16.0 Å². The number of nitrogens with zero attached hydrogens (tertiary/aromatic N) is 1. The SMILES string of the molecule is CCSCC(=O)NCC(=O)NCC(=O)NCC(=O)ON1C(=O)CCC1=O. The molecule has 0 unspecified atom stereocenters. The van der Waals surface area contributed by atoms with Gasteiger partial charge in [0, 0.05) is 12.8 Å². The van der Waals surface area contributed by atoms with E-state index in [9.17, 15) is 28.8 Å². The molecule has 1 fully saturated rings. The third-order valence-corrected chi connectivity index (χ3v) is 3.83. The summed E-state index contributed by atoms with van der Waals surface area (Å²) in [7, 11) is 0. The van der Waals surface area contributed by atoms with Gasteiger partial charge in [-0.1, -0.05) is 6.92 Å². The van der Waals surface area contributed by atoms with Crippen LogP contribution in [0.5, 0.6) is 0 Å². The average molecular weight is 388 g/mol. The molecule has 0 aromatic rings. The van der Waals surface area contributed by atoms with Crippen LogP contribution in [-0.4, -0.2) is 71.7 Å². The van der Waals surface area contributed by atoms with E-state index in [0.717, 1.165) is 5.75 Å². The number of amides is 5. The highest BCUT2D eigenvalue weighted by molar-refractivity contribution is 7.99. The highest BCUT2D eigenvalue weighted by Gasteiger charge is 2.32. The van der Waals surface area contributed by atoms with E-state index in [4.69, 9.17) is 0 Å². The molecule has 1 aliphatic heterocycles. The molecule has 1 rings (SSSR count). The predicted octanol–water partition coefficient (Wildman–Crippen LogP) is -2.30. The van der Waals surface area contributed by atoms with Gasteiger partial charge in [0.2, 0.25) is 17.7 Å². The Morgan fingerprint density at radius 2 is 1.42 bits per heavy atom. The van der Waals surface area contributed by atoms with Gasteiger partial charge in [0.15, 0.2) is 0 Å². The summed E-state index contributed by atoms with van der Waals surface area (Å²) < 4.78 is 0. The lowest BCUT2D eigenvalue weighted by molar-refractivity contribution is -0.196. The van der Waals surface area contributed by atoms with Crippen LogP contribution in [0.4, 0.5) is 0 Å². The molecule has 11 nitrogen and oxygen atoms in total. The molecule has 1 heterocycles. The summed E-state index contributed by atoms with van der Waals surface area (Å²) in [6.45, 7) is 0.654. The Hall–Kier alpha value is -2.63. The van der Waals surface area contributed by atoms with E-state index >= 15 is 0 Å². The van der Waals surface area contributed by atoms with Gasteiger partial charge in [-0.05, 0) is 5.75 Å². The Balaban J connectivity index is 2.16. The summed E-state index contributed by atoms with van der Waals surface area (Å²) in [5.74, 6) is -2.74. The smallest absolute Gasteiger partial charge is 0.346 e. The van der Waals surface area contributed by atoms with Crippen molar-refractivity contribution < 1.29 is 33.6 Å². The number of imide groups is 1. The maximum atomic E-state index is 11.5. The molecule has 3 N–H and O–H groups in total. The number of carbonyl (C=O) groups excluding carboxylic acids is 6. The van der Waals surface area contributed by atoms with Crippen LogP contribution in [0.3, 0.4) is 0 Å². The average Bonchev–Trinajstić information content (AvgIpc) is 2.93. The minimum absolute atomic E-state index is 0.0296. The van der Waals surface area contributed by atoms with E-state index in [0.29, 0.717) is 5.06 Å². The molecule has 0 spiro atoms. The molecule has 12 heteroatoms. The quantitative estimate of drug-likeness (QED) is 0.353. The first-order valence-electron chi connectivity index (χ1n) is 7.78. The topological polar surface area (TPSA) is 151 Å². The number of nitrogens with one attached hydrogen (secondary N) is 3. The van der Waals surface area contributed by atoms with Crippen molar-refractivity contribution in [3.05, 3.63) is 0 Å². The number of carbonyl (C=O) groups is 6. The van der Waals surface area contributed by atoms with Crippen LogP contribution in [0.2, 0.25) is 0 Å². The van der Waals surface area contributed by atoms with Gasteiger partial charge in [0.25, 0.3) is 11.8 Å². The monoisotopic (exact) mass is 388 g/mol. The highest BCUT2D eigenvalue weighted by atomic mass is 32.2. The zero-order valence-corrected chi connectivity index (χ0v) is 15.0. The molecule has 0 bridgehead atoms. The minimum atomic E-state index is -0.992. The van der Waals surface area contributed by atoms with Gasteiger partial charge in [0.05, 0.1) is 18.8 Å². The van der Waals surface area contributed by atoms with Crippen molar-refractivity contribution in [1.82, 2.24) is 21.0 Å². The third kappa shape index (κ3) is 7.96. The largest absolute Gasteiger partial charge is 0.352 e. The number of hydrogen-bond acceptors (Lipinski definition) is 8. The molecule has 0 aromatic carbocycles. The molecule has 0 aromatic heterocycles. The first kappa shape index (κ1) is 21.4. The maximum Gasteiger partial charge on any atom is 0.352 e. The van der Waals surface area contributed by atoms with Crippen LogP contribution in [0.25, 0.3) is 0 Å². The third-order valence-electron chi connectivity index (χ3n) is 2.96. The normalized spacial score (nSPS) is 13.3. The summed E-state index contributed by atoms with van der Waals surface area (Å²) in [6.07, 6.45) is -0.0592. The molecular weight excluding hydrogens is 368 g/mol. The van der Waals surface area contributed by atoms with Gasteiger partial charge < -0.3 is 20.8 Å². The highest BCUT2D eigenvalue weighted by Crippen LogP contribution is 2.11. The summed E-state index contributed by atoms with van der Waals surface area (Å²) in [4.78, 5) is 72.9. The Morgan fingerprint density at radius 3 is 1.96 bits per heavy atom. The lowest BCUT2D eigenvalue weighted by Crippen LogP contribution is -2.44. The fourth-order valence-electron chi connectivity index (χ4n) is 1.69. The second-order valence-corrected chi connectivity index (χ2v) is 6.29. The van der Waals surface area contributed by atoms with Crippen LogP contribution in [0.15, 0.2) is 0 Å².